The topological polar surface area (TPSA) is 71.0 Å². The number of hydrogen-bond acceptors (Lipinski definition) is 5. The lowest BCUT2D eigenvalue weighted by molar-refractivity contribution is -0.128. The molecular weight excluding hydrogens is 398 g/mol. The van der Waals surface area contributed by atoms with E-state index in [1.165, 1.54) is 11.8 Å². The highest BCUT2D eigenvalue weighted by Gasteiger charge is 2.38. The zero-order chi connectivity index (χ0) is 21.5. The zero-order valence-electron chi connectivity index (χ0n) is 17.6. The quantitative estimate of drug-likeness (QED) is 0.640. The number of rotatable bonds is 8. The van der Waals surface area contributed by atoms with E-state index in [4.69, 9.17) is 4.74 Å². The number of carbonyl (C=O) groups excluding carboxylic acids is 2. The van der Waals surface area contributed by atoms with Gasteiger partial charge >= 0.3 is 0 Å². The number of hydrogen-bond donors (Lipinski definition) is 1. The van der Waals surface area contributed by atoms with Crippen LogP contribution < -0.4 is 5.32 Å². The summed E-state index contributed by atoms with van der Waals surface area (Å²) in [6, 6.07) is 15.4. The van der Waals surface area contributed by atoms with E-state index < -0.39 is 5.25 Å². The number of nitrogens with one attached hydrogen (secondary N) is 1. The molecule has 2 amide bonds. The third kappa shape index (κ3) is 5.70. The third-order valence-electron chi connectivity index (χ3n) is 4.80. The Morgan fingerprint density at radius 2 is 1.90 bits per heavy atom. The van der Waals surface area contributed by atoms with Gasteiger partial charge in [0, 0.05) is 32.4 Å². The number of para-hydroxylation sites is 1. The number of amidine groups is 1. The van der Waals surface area contributed by atoms with Gasteiger partial charge in [-0.3, -0.25) is 14.5 Å². The molecule has 0 spiro atoms. The molecule has 7 heteroatoms. The maximum Gasteiger partial charge on any atom is 0.242 e. The molecule has 1 N–H and O–H groups in total. The summed E-state index contributed by atoms with van der Waals surface area (Å²) in [5.74, 6) is -0.259. The van der Waals surface area contributed by atoms with Crippen LogP contribution in [-0.2, 0) is 14.3 Å². The average Bonchev–Trinajstić information content (AvgIpc) is 3.00. The molecule has 0 bridgehead atoms. The van der Waals surface area contributed by atoms with Gasteiger partial charge in [0.2, 0.25) is 11.8 Å². The van der Waals surface area contributed by atoms with Crippen molar-refractivity contribution in [3.63, 3.8) is 0 Å². The molecule has 2 aromatic carbocycles. The van der Waals surface area contributed by atoms with Crippen molar-refractivity contribution in [3.05, 3.63) is 59.7 Å². The van der Waals surface area contributed by atoms with Crippen LogP contribution in [-0.4, -0.2) is 47.4 Å². The minimum absolute atomic E-state index is 0.0816. The molecule has 2 aromatic rings. The first-order valence-electron chi connectivity index (χ1n) is 9.95. The predicted molar refractivity (Wildman–Crippen MR) is 122 cm³/mol. The number of thioether (sulfide) groups is 1. The summed E-state index contributed by atoms with van der Waals surface area (Å²) in [6.07, 6.45) is 0.809. The molecule has 1 heterocycles. The Morgan fingerprint density at radius 3 is 2.60 bits per heavy atom. The second kappa shape index (κ2) is 10.4. The fourth-order valence-electron chi connectivity index (χ4n) is 3.11. The highest BCUT2D eigenvalue weighted by molar-refractivity contribution is 8.15. The summed E-state index contributed by atoms with van der Waals surface area (Å²) < 4.78 is 5.12. The van der Waals surface area contributed by atoms with Crippen LogP contribution in [0, 0.1) is 13.8 Å². The minimum Gasteiger partial charge on any atom is -0.385 e. The fourth-order valence-corrected chi connectivity index (χ4v) is 4.29. The zero-order valence-corrected chi connectivity index (χ0v) is 18.4. The molecular formula is C23H27N3O3S. The largest absolute Gasteiger partial charge is 0.385 e. The van der Waals surface area contributed by atoms with E-state index in [2.05, 4.69) is 10.3 Å². The van der Waals surface area contributed by atoms with Crippen molar-refractivity contribution < 1.29 is 14.3 Å². The van der Waals surface area contributed by atoms with Crippen LogP contribution in [0.2, 0.25) is 0 Å². The Balaban J connectivity index is 1.73. The third-order valence-corrected chi connectivity index (χ3v) is 5.97. The molecule has 0 saturated carbocycles. The van der Waals surface area contributed by atoms with Gasteiger partial charge < -0.3 is 10.1 Å². The molecule has 1 saturated heterocycles. The van der Waals surface area contributed by atoms with Crippen LogP contribution >= 0.6 is 11.8 Å². The summed E-state index contributed by atoms with van der Waals surface area (Å²) in [4.78, 5) is 31.9. The molecule has 3 rings (SSSR count). The van der Waals surface area contributed by atoms with Crippen LogP contribution in [0.25, 0.3) is 0 Å². The molecule has 1 fully saturated rings. The Bertz CT molecular complexity index is 928. The van der Waals surface area contributed by atoms with Crippen LogP contribution in [0.15, 0.2) is 53.5 Å². The lowest BCUT2D eigenvalue weighted by atomic mass is 10.2. The Labute approximate surface area is 181 Å². The van der Waals surface area contributed by atoms with Gasteiger partial charge in [-0.05, 0) is 44.0 Å². The Kier molecular flexibility index (Phi) is 7.65. The molecule has 0 aromatic heterocycles. The Hall–Kier alpha value is -2.64. The summed E-state index contributed by atoms with van der Waals surface area (Å²) >= 11 is 1.35. The summed E-state index contributed by atoms with van der Waals surface area (Å²) in [7, 11) is 1.64. The van der Waals surface area contributed by atoms with Crippen molar-refractivity contribution in [2.24, 2.45) is 4.99 Å². The average molecular weight is 426 g/mol. The number of carbonyl (C=O) groups is 2. The van der Waals surface area contributed by atoms with Gasteiger partial charge in [0.15, 0.2) is 5.17 Å². The smallest absolute Gasteiger partial charge is 0.242 e. The van der Waals surface area contributed by atoms with E-state index in [1.54, 1.807) is 12.0 Å². The number of benzene rings is 2. The minimum atomic E-state index is -0.485. The van der Waals surface area contributed by atoms with Crippen LogP contribution in [0.3, 0.4) is 0 Å². The van der Waals surface area contributed by atoms with E-state index in [0.717, 1.165) is 22.5 Å². The molecule has 1 aliphatic rings. The monoisotopic (exact) mass is 425 g/mol. The molecule has 6 nitrogen and oxygen atoms in total. The summed E-state index contributed by atoms with van der Waals surface area (Å²) in [6.45, 7) is 5.03. The second-order valence-electron chi connectivity index (χ2n) is 7.24. The molecule has 1 atom stereocenters. The van der Waals surface area contributed by atoms with Gasteiger partial charge in [-0.1, -0.05) is 47.7 Å². The first-order chi connectivity index (χ1) is 14.5. The molecule has 158 valence electrons. The molecule has 30 heavy (non-hydrogen) atoms. The van der Waals surface area contributed by atoms with Gasteiger partial charge in [-0.2, -0.15) is 0 Å². The lowest BCUT2D eigenvalue weighted by Gasteiger charge is -2.16. The number of aliphatic imine (C=N–C) groups is 1. The standard InChI is InChI=1S/C23H27N3O3S/c1-16-9-11-18(12-10-16)24-23-26(13-6-14-29-3)22(28)20(30-23)15-21(27)25-19-8-5-4-7-17(19)2/h4-5,7-12,20H,6,13-15H2,1-3H3,(H,25,27)/t20-/m0/s1. The number of aryl methyl sites for hydroxylation is 2. The number of methoxy groups -OCH3 is 1. The molecule has 1 aliphatic heterocycles. The van der Waals surface area contributed by atoms with Crippen molar-refractivity contribution in [3.8, 4) is 0 Å². The number of ether oxygens (including phenoxy) is 1. The first-order valence-corrected chi connectivity index (χ1v) is 10.8. The highest BCUT2D eigenvalue weighted by Crippen LogP contribution is 2.32. The SMILES string of the molecule is COCCCN1C(=O)[C@H](CC(=O)Nc2ccccc2C)SC1=Nc1ccc(C)cc1. The first kappa shape index (κ1) is 22.1. The van der Waals surface area contributed by atoms with Gasteiger partial charge in [-0.15, -0.1) is 0 Å². The Morgan fingerprint density at radius 1 is 1.17 bits per heavy atom. The van der Waals surface area contributed by atoms with Crippen LogP contribution in [0.4, 0.5) is 11.4 Å². The maximum absolute atomic E-state index is 13.0. The second-order valence-corrected chi connectivity index (χ2v) is 8.41. The molecule has 0 radical (unpaired) electrons. The lowest BCUT2D eigenvalue weighted by Crippen LogP contribution is -2.34. The van der Waals surface area contributed by atoms with E-state index in [1.807, 2.05) is 62.4 Å². The van der Waals surface area contributed by atoms with E-state index in [9.17, 15) is 9.59 Å². The van der Waals surface area contributed by atoms with Gasteiger partial charge in [0.25, 0.3) is 0 Å². The van der Waals surface area contributed by atoms with Crippen molar-refractivity contribution in [2.45, 2.75) is 31.9 Å². The van der Waals surface area contributed by atoms with Crippen molar-refractivity contribution in [1.82, 2.24) is 4.90 Å². The highest BCUT2D eigenvalue weighted by atomic mass is 32.2. The summed E-state index contributed by atoms with van der Waals surface area (Å²) in [5, 5.41) is 3.06. The normalized spacial score (nSPS) is 17.6. The van der Waals surface area contributed by atoms with Gasteiger partial charge in [0.05, 0.1) is 5.69 Å². The van der Waals surface area contributed by atoms with E-state index in [0.29, 0.717) is 24.7 Å². The van der Waals surface area contributed by atoms with Crippen molar-refractivity contribution >= 4 is 40.1 Å². The predicted octanol–water partition coefficient (Wildman–Crippen LogP) is 4.30. The van der Waals surface area contributed by atoms with Gasteiger partial charge in [-0.25, -0.2) is 4.99 Å². The number of amides is 2. The van der Waals surface area contributed by atoms with Crippen LogP contribution in [0.5, 0.6) is 0 Å². The summed E-state index contributed by atoms with van der Waals surface area (Å²) in [5.41, 5.74) is 3.69. The van der Waals surface area contributed by atoms with E-state index >= 15 is 0 Å². The number of anilines is 1. The van der Waals surface area contributed by atoms with Gasteiger partial charge in [0.1, 0.15) is 5.25 Å². The van der Waals surface area contributed by atoms with Crippen LogP contribution in [0.1, 0.15) is 24.0 Å². The molecule has 0 aliphatic carbocycles. The van der Waals surface area contributed by atoms with E-state index in [-0.39, 0.29) is 18.2 Å². The number of nitrogens with zero attached hydrogens (tertiary/aromatic N) is 2. The van der Waals surface area contributed by atoms with Crippen molar-refractivity contribution in [2.75, 3.05) is 25.6 Å². The van der Waals surface area contributed by atoms with Crippen molar-refractivity contribution in [1.29, 1.82) is 0 Å². The fraction of sp³-hybridized carbons (Fsp3) is 0.348. The maximum atomic E-state index is 13.0. The molecule has 0 unspecified atom stereocenters.